The van der Waals surface area contributed by atoms with Gasteiger partial charge < -0.3 is 25.1 Å². The lowest BCUT2D eigenvalue weighted by atomic mass is 10.0. The van der Waals surface area contributed by atoms with E-state index in [1.807, 2.05) is 74.1 Å². The second kappa shape index (κ2) is 12.6. The summed E-state index contributed by atoms with van der Waals surface area (Å²) in [4.78, 5) is 36.4. The number of thiophene rings is 1. The van der Waals surface area contributed by atoms with Crippen LogP contribution in [0.15, 0.2) is 94.0 Å². The maximum Gasteiger partial charge on any atom is 0.322 e. The second-order valence-corrected chi connectivity index (χ2v) is 10.7. The van der Waals surface area contributed by atoms with Gasteiger partial charge >= 0.3 is 5.97 Å². The van der Waals surface area contributed by atoms with Gasteiger partial charge in [-0.1, -0.05) is 30.3 Å². The molecule has 0 spiro atoms. The van der Waals surface area contributed by atoms with Crippen molar-refractivity contribution in [2.75, 3.05) is 20.6 Å². The van der Waals surface area contributed by atoms with Crippen molar-refractivity contribution >= 4 is 57.4 Å². The van der Waals surface area contributed by atoms with E-state index >= 15 is 0 Å². The number of fused-ring (bicyclic) bond motifs is 4. The van der Waals surface area contributed by atoms with E-state index in [0.717, 1.165) is 44.2 Å². The minimum absolute atomic E-state index is 0.105. The number of nitrogens with zero attached hydrogens (tertiary/aromatic N) is 1. The number of furan rings is 1. The third kappa shape index (κ3) is 6.42. The summed E-state index contributed by atoms with van der Waals surface area (Å²) in [6.45, 7) is -0.353. The summed E-state index contributed by atoms with van der Waals surface area (Å²) >= 11 is 1.64. The number of amides is 2. The zero-order valence-corrected chi connectivity index (χ0v) is 23.9. The zero-order chi connectivity index (χ0) is 29.6. The Morgan fingerprint density at radius 1 is 0.952 bits per heavy atom. The van der Waals surface area contributed by atoms with Crippen LogP contribution >= 0.6 is 11.3 Å². The Hall–Kier alpha value is -5.15. The number of hydrogen-bond donors (Lipinski definition) is 3. The van der Waals surface area contributed by atoms with Crippen LogP contribution in [0.4, 0.5) is 0 Å². The fraction of sp³-hybridized carbons (Fsp3) is 0.121. The molecule has 2 aliphatic carbocycles. The summed E-state index contributed by atoms with van der Waals surface area (Å²) in [7, 11) is 4.09. The first-order chi connectivity index (χ1) is 20.3. The minimum atomic E-state index is -1.05. The van der Waals surface area contributed by atoms with Crippen molar-refractivity contribution < 1.29 is 23.9 Å². The van der Waals surface area contributed by atoms with Crippen molar-refractivity contribution in [2.45, 2.75) is 6.42 Å². The maximum absolute atomic E-state index is 13.0. The highest BCUT2D eigenvalue weighted by molar-refractivity contribution is 7.17. The average molecular weight is 580 g/mol. The molecule has 2 aliphatic rings. The highest BCUT2D eigenvalue weighted by atomic mass is 32.1. The van der Waals surface area contributed by atoms with E-state index in [-0.39, 0.29) is 18.4 Å². The number of carbonyl (C=O) groups excluding carboxylic acids is 2. The van der Waals surface area contributed by atoms with Crippen molar-refractivity contribution in [3.63, 3.8) is 0 Å². The van der Waals surface area contributed by atoms with Crippen molar-refractivity contribution in [1.29, 1.82) is 0 Å². The fourth-order valence-corrected chi connectivity index (χ4v) is 5.41. The Balaban J connectivity index is 0.000000229. The Morgan fingerprint density at radius 2 is 1.76 bits per heavy atom. The van der Waals surface area contributed by atoms with Crippen LogP contribution in [-0.4, -0.2) is 48.4 Å². The SMILES string of the molecule is CN(C)C1=CC=c2oc3c(c2C1)C=C(NC(=O)c1cccc2sccc12)C=CC=3.O=C(O)CNC(=O)c1ccccc1. The number of rotatable bonds is 6. The van der Waals surface area contributed by atoms with E-state index in [1.54, 1.807) is 41.7 Å². The quantitative estimate of drug-likeness (QED) is 0.320. The van der Waals surface area contributed by atoms with Gasteiger partial charge in [0.2, 0.25) is 0 Å². The van der Waals surface area contributed by atoms with Gasteiger partial charge in [-0.3, -0.25) is 14.4 Å². The van der Waals surface area contributed by atoms with E-state index in [9.17, 15) is 14.4 Å². The molecule has 0 fully saturated rings. The summed E-state index contributed by atoms with van der Waals surface area (Å²) < 4.78 is 7.15. The normalized spacial score (nSPS) is 13.0. The molecule has 2 aromatic carbocycles. The number of carbonyl (C=O) groups is 3. The van der Waals surface area contributed by atoms with Gasteiger partial charge in [0.1, 0.15) is 17.4 Å². The number of allylic oxidation sites excluding steroid dienone is 4. The molecule has 0 unspecified atom stereocenters. The van der Waals surface area contributed by atoms with Crippen LogP contribution in [0.25, 0.3) is 28.3 Å². The van der Waals surface area contributed by atoms with Gasteiger partial charge in [-0.15, -0.1) is 11.3 Å². The molecule has 42 heavy (non-hydrogen) atoms. The number of benzene rings is 2. The number of nitrogens with one attached hydrogen (secondary N) is 2. The monoisotopic (exact) mass is 579 g/mol. The molecule has 212 valence electrons. The lowest BCUT2D eigenvalue weighted by Gasteiger charge is -2.18. The Kier molecular flexibility index (Phi) is 8.50. The number of hydrogen-bond acceptors (Lipinski definition) is 6. The summed E-state index contributed by atoms with van der Waals surface area (Å²) in [5.41, 5.74) is 7.01. The summed E-state index contributed by atoms with van der Waals surface area (Å²) in [5.74, 6) is -1.53. The fourth-order valence-electron chi connectivity index (χ4n) is 4.59. The summed E-state index contributed by atoms with van der Waals surface area (Å²) in [5, 5.41) is 16.6. The second-order valence-electron chi connectivity index (χ2n) is 9.78. The third-order valence-corrected chi connectivity index (χ3v) is 7.61. The molecule has 8 nitrogen and oxygen atoms in total. The molecule has 0 aliphatic heterocycles. The van der Waals surface area contributed by atoms with Crippen molar-refractivity contribution in [3.8, 4) is 0 Å². The van der Waals surface area contributed by atoms with Crippen molar-refractivity contribution in [2.24, 2.45) is 0 Å². The average Bonchev–Trinajstić information content (AvgIpc) is 3.55. The maximum atomic E-state index is 13.0. The molecule has 3 N–H and O–H groups in total. The van der Waals surface area contributed by atoms with Crippen LogP contribution in [0.2, 0.25) is 0 Å². The van der Waals surface area contributed by atoms with Gasteiger partial charge in [0.05, 0.1) is 0 Å². The first-order valence-corrected chi connectivity index (χ1v) is 14.1. The van der Waals surface area contributed by atoms with E-state index < -0.39 is 5.97 Å². The molecule has 4 aromatic rings. The van der Waals surface area contributed by atoms with E-state index in [4.69, 9.17) is 9.52 Å². The van der Waals surface area contributed by atoms with Gasteiger partial charge in [-0.25, -0.2) is 0 Å². The molecule has 2 amide bonds. The van der Waals surface area contributed by atoms with Crippen molar-refractivity contribution in [1.82, 2.24) is 15.5 Å². The largest absolute Gasteiger partial charge is 0.480 e. The Bertz CT molecular complexity index is 1880. The van der Waals surface area contributed by atoms with Crippen LogP contribution in [0.5, 0.6) is 0 Å². The highest BCUT2D eigenvalue weighted by Crippen LogP contribution is 2.24. The number of carboxylic acids is 1. The Labute approximate surface area is 246 Å². The van der Waals surface area contributed by atoms with Gasteiger partial charge in [0.25, 0.3) is 11.8 Å². The molecule has 0 atom stereocenters. The molecule has 6 rings (SSSR count). The minimum Gasteiger partial charge on any atom is -0.480 e. The van der Waals surface area contributed by atoms with Gasteiger partial charge in [0, 0.05) is 64.3 Å². The summed E-state index contributed by atoms with van der Waals surface area (Å²) in [6.07, 6.45) is 12.7. The van der Waals surface area contributed by atoms with Crippen LogP contribution in [0.1, 0.15) is 31.8 Å². The standard InChI is InChI=1S/C24H20N2O2S.C9H9NO3/c1-26(2)16-9-10-22-20(14-16)19-13-15(5-3-7-21(19)28-22)25-24(27)18-6-4-8-23-17(18)11-12-29-23;11-8(12)6-10-9(13)7-4-2-1-3-5-7/h3-13H,14H2,1-2H3,(H,25,27);1-5H,6H2,(H,10,13)(H,11,12). The van der Waals surface area contributed by atoms with Crippen LogP contribution in [-0.2, 0) is 11.2 Å². The van der Waals surface area contributed by atoms with E-state index in [1.165, 1.54) is 5.70 Å². The molecule has 9 heteroatoms. The molecule has 2 aromatic heterocycles. The molecule has 2 heterocycles. The van der Waals surface area contributed by atoms with E-state index in [2.05, 4.69) is 21.6 Å². The lowest BCUT2D eigenvalue weighted by molar-refractivity contribution is -0.135. The topological polar surface area (TPSA) is 112 Å². The van der Waals surface area contributed by atoms with Gasteiger partial charge in [-0.05, 0) is 66.1 Å². The number of aliphatic carboxylic acids is 1. The predicted molar refractivity (Wildman–Crippen MR) is 165 cm³/mol. The van der Waals surface area contributed by atoms with Crippen LogP contribution in [0, 0.1) is 0 Å². The zero-order valence-electron chi connectivity index (χ0n) is 23.1. The highest BCUT2D eigenvalue weighted by Gasteiger charge is 2.18. The molecule has 0 saturated carbocycles. The third-order valence-electron chi connectivity index (χ3n) is 6.73. The van der Waals surface area contributed by atoms with Crippen molar-refractivity contribution in [3.05, 3.63) is 123 Å². The van der Waals surface area contributed by atoms with Gasteiger partial charge in [-0.2, -0.15) is 0 Å². The smallest absolute Gasteiger partial charge is 0.322 e. The lowest BCUT2D eigenvalue weighted by Crippen LogP contribution is -2.29. The molecular formula is C33H29N3O5S. The van der Waals surface area contributed by atoms with Gasteiger partial charge in [0.15, 0.2) is 0 Å². The molecular weight excluding hydrogens is 550 g/mol. The number of likely N-dealkylation sites (N-methyl/N-ethyl adjacent to an activating group) is 1. The first-order valence-electron chi connectivity index (χ1n) is 13.2. The van der Waals surface area contributed by atoms with Crippen LogP contribution in [0.3, 0.4) is 0 Å². The predicted octanol–water partition coefficient (Wildman–Crippen LogP) is 3.90. The van der Waals surface area contributed by atoms with E-state index in [0.29, 0.717) is 11.1 Å². The first kappa shape index (κ1) is 28.4. The summed E-state index contributed by atoms with van der Waals surface area (Å²) in [6, 6.07) is 16.3. The molecule has 0 bridgehead atoms. The Morgan fingerprint density at radius 3 is 2.52 bits per heavy atom. The van der Waals surface area contributed by atoms with Crippen LogP contribution < -0.4 is 21.5 Å². The number of carboxylic acid groups (broad SMARTS) is 1. The molecule has 0 saturated heterocycles. The molecule has 0 radical (unpaired) electrons.